The SMILES string of the molecule is Nc1ccc(C2CCOC2)c(CO)c1. The molecule has 2 rings (SSSR count). The van der Waals surface area contributed by atoms with Crippen LogP contribution in [0.5, 0.6) is 0 Å². The van der Waals surface area contributed by atoms with Crippen LogP contribution in [0.15, 0.2) is 18.2 Å². The number of benzene rings is 1. The zero-order valence-electron chi connectivity index (χ0n) is 8.07. The zero-order valence-corrected chi connectivity index (χ0v) is 8.07. The van der Waals surface area contributed by atoms with Crippen LogP contribution in [-0.4, -0.2) is 18.3 Å². The smallest absolute Gasteiger partial charge is 0.0685 e. The van der Waals surface area contributed by atoms with E-state index in [0.29, 0.717) is 11.6 Å². The molecule has 3 nitrogen and oxygen atoms in total. The van der Waals surface area contributed by atoms with E-state index in [1.165, 1.54) is 5.56 Å². The number of aliphatic hydroxyl groups excluding tert-OH is 1. The number of hydrogen-bond donors (Lipinski definition) is 2. The van der Waals surface area contributed by atoms with Crippen LogP contribution >= 0.6 is 0 Å². The van der Waals surface area contributed by atoms with Crippen LogP contribution in [0.25, 0.3) is 0 Å². The molecule has 0 bridgehead atoms. The average molecular weight is 193 g/mol. The predicted octanol–water partition coefficient (Wildman–Crippen LogP) is 1.27. The first-order valence-electron chi connectivity index (χ1n) is 4.88. The summed E-state index contributed by atoms with van der Waals surface area (Å²) >= 11 is 0. The molecule has 14 heavy (non-hydrogen) atoms. The lowest BCUT2D eigenvalue weighted by Gasteiger charge is -2.13. The Labute approximate surface area is 83.5 Å². The van der Waals surface area contributed by atoms with E-state index >= 15 is 0 Å². The van der Waals surface area contributed by atoms with Crippen molar-refractivity contribution in [2.24, 2.45) is 0 Å². The number of nitrogens with two attached hydrogens (primary N) is 1. The van der Waals surface area contributed by atoms with Gasteiger partial charge in [-0.25, -0.2) is 0 Å². The normalized spacial score (nSPS) is 21.4. The average Bonchev–Trinajstić information content (AvgIpc) is 2.70. The van der Waals surface area contributed by atoms with Gasteiger partial charge in [-0.05, 0) is 29.7 Å². The minimum absolute atomic E-state index is 0.0525. The third kappa shape index (κ3) is 1.74. The summed E-state index contributed by atoms with van der Waals surface area (Å²) in [5, 5.41) is 9.21. The van der Waals surface area contributed by atoms with E-state index < -0.39 is 0 Å². The molecule has 1 fully saturated rings. The fourth-order valence-electron chi connectivity index (χ4n) is 1.94. The standard InChI is InChI=1S/C11H15NO2/c12-10-1-2-11(9(5-10)6-13)8-3-4-14-7-8/h1-2,5,8,13H,3-4,6-7,12H2. The van der Waals surface area contributed by atoms with Gasteiger partial charge in [0.1, 0.15) is 0 Å². The number of ether oxygens (including phenoxy) is 1. The molecule has 1 aromatic carbocycles. The van der Waals surface area contributed by atoms with E-state index in [0.717, 1.165) is 25.2 Å². The number of nitrogen functional groups attached to an aromatic ring is 1. The Kier molecular flexibility index (Phi) is 2.70. The van der Waals surface area contributed by atoms with Crippen molar-refractivity contribution in [2.75, 3.05) is 18.9 Å². The van der Waals surface area contributed by atoms with E-state index in [9.17, 15) is 5.11 Å². The van der Waals surface area contributed by atoms with Gasteiger partial charge < -0.3 is 15.6 Å². The molecule has 1 saturated heterocycles. The summed E-state index contributed by atoms with van der Waals surface area (Å²) in [7, 11) is 0. The Morgan fingerprint density at radius 3 is 3.00 bits per heavy atom. The van der Waals surface area contributed by atoms with Gasteiger partial charge in [-0.1, -0.05) is 6.07 Å². The topological polar surface area (TPSA) is 55.5 Å². The van der Waals surface area contributed by atoms with Gasteiger partial charge in [-0.2, -0.15) is 0 Å². The molecule has 1 aromatic rings. The Balaban J connectivity index is 2.31. The van der Waals surface area contributed by atoms with Gasteiger partial charge in [0, 0.05) is 18.2 Å². The minimum Gasteiger partial charge on any atom is -0.399 e. The van der Waals surface area contributed by atoms with Crippen molar-refractivity contribution in [1.82, 2.24) is 0 Å². The van der Waals surface area contributed by atoms with Gasteiger partial charge in [-0.3, -0.25) is 0 Å². The summed E-state index contributed by atoms with van der Waals surface area (Å²) in [6.45, 7) is 1.63. The summed E-state index contributed by atoms with van der Waals surface area (Å²) in [4.78, 5) is 0. The van der Waals surface area contributed by atoms with Gasteiger partial charge in [0.05, 0.1) is 13.2 Å². The molecular weight excluding hydrogens is 178 g/mol. The fraction of sp³-hybridized carbons (Fsp3) is 0.455. The van der Waals surface area contributed by atoms with E-state index in [2.05, 4.69) is 0 Å². The first kappa shape index (κ1) is 9.49. The highest BCUT2D eigenvalue weighted by Gasteiger charge is 2.20. The van der Waals surface area contributed by atoms with Crippen molar-refractivity contribution in [1.29, 1.82) is 0 Å². The van der Waals surface area contributed by atoms with Crippen LogP contribution in [0, 0.1) is 0 Å². The van der Waals surface area contributed by atoms with Crippen molar-refractivity contribution in [3.8, 4) is 0 Å². The maximum atomic E-state index is 9.21. The van der Waals surface area contributed by atoms with Crippen LogP contribution < -0.4 is 5.73 Å². The second kappa shape index (κ2) is 3.98. The molecule has 0 radical (unpaired) electrons. The molecule has 76 valence electrons. The summed E-state index contributed by atoms with van der Waals surface area (Å²) in [6, 6.07) is 5.72. The monoisotopic (exact) mass is 193 g/mol. The molecule has 3 N–H and O–H groups in total. The summed E-state index contributed by atoms with van der Waals surface area (Å²) in [5.41, 5.74) is 8.48. The molecule has 1 atom stereocenters. The highest BCUT2D eigenvalue weighted by molar-refractivity contribution is 5.45. The molecule has 1 heterocycles. The van der Waals surface area contributed by atoms with Gasteiger partial charge >= 0.3 is 0 Å². The summed E-state index contributed by atoms with van der Waals surface area (Å²) < 4.78 is 5.33. The maximum Gasteiger partial charge on any atom is 0.0685 e. The molecule has 1 aliphatic rings. The lowest BCUT2D eigenvalue weighted by Crippen LogP contribution is -2.03. The molecule has 0 saturated carbocycles. The Hall–Kier alpha value is -1.06. The van der Waals surface area contributed by atoms with Crippen LogP contribution in [0.1, 0.15) is 23.5 Å². The van der Waals surface area contributed by atoms with Crippen molar-refractivity contribution in [3.05, 3.63) is 29.3 Å². The van der Waals surface area contributed by atoms with Gasteiger partial charge in [0.2, 0.25) is 0 Å². The summed E-state index contributed by atoms with van der Waals surface area (Å²) in [5.74, 6) is 0.428. The molecule has 3 heteroatoms. The Bertz CT molecular complexity index is 319. The van der Waals surface area contributed by atoms with E-state index in [1.54, 1.807) is 0 Å². The highest BCUT2D eigenvalue weighted by atomic mass is 16.5. The molecule has 0 aromatic heterocycles. The van der Waals surface area contributed by atoms with Crippen LogP contribution in [0.2, 0.25) is 0 Å². The lowest BCUT2D eigenvalue weighted by atomic mass is 9.93. The first-order valence-corrected chi connectivity index (χ1v) is 4.88. The number of hydrogen-bond acceptors (Lipinski definition) is 3. The maximum absolute atomic E-state index is 9.21. The van der Waals surface area contributed by atoms with E-state index in [-0.39, 0.29) is 6.61 Å². The van der Waals surface area contributed by atoms with Crippen LogP contribution in [-0.2, 0) is 11.3 Å². The fourth-order valence-corrected chi connectivity index (χ4v) is 1.94. The minimum atomic E-state index is 0.0525. The zero-order chi connectivity index (χ0) is 9.97. The van der Waals surface area contributed by atoms with Gasteiger partial charge in [0.25, 0.3) is 0 Å². The van der Waals surface area contributed by atoms with Gasteiger partial charge in [-0.15, -0.1) is 0 Å². The van der Waals surface area contributed by atoms with Gasteiger partial charge in [0.15, 0.2) is 0 Å². The molecule has 0 spiro atoms. The summed E-state index contributed by atoms with van der Waals surface area (Å²) in [6.07, 6.45) is 1.04. The van der Waals surface area contributed by atoms with E-state index in [4.69, 9.17) is 10.5 Å². The highest BCUT2D eigenvalue weighted by Crippen LogP contribution is 2.29. The van der Waals surface area contributed by atoms with Crippen molar-refractivity contribution < 1.29 is 9.84 Å². The molecule has 0 aliphatic carbocycles. The van der Waals surface area contributed by atoms with Crippen LogP contribution in [0.3, 0.4) is 0 Å². The Morgan fingerprint density at radius 1 is 1.50 bits per heavy atom. The van der Waals surface area contributed by atoms with Crippen molar-refractivity contribution in [3.63, 3.8) is 0 Å². The van der Waals surface area contributed by atoms with Crippen LogP contribution in [0.4, 0.5) is 5.69 Å². The third-order valence-electron chi connectivity index (χ3n) is 2.71. The third-order valence-corrected chi connectivity index (χ3v) is 2.71. The largest absolute Gasteiger partial charge is 0.399 e. The molecule has 0 amide bonds. The number of rotatable bonds is 2. The first-order chi connectivity index (χ1) is 6.81. The Morgan fingerprint density at radius 2 is 2.36 bits per heavy atom. The molecule has 1 unspecified atom stereocenters. The molecule has 1 aliphatic heterocycles. The lowest BCUT2D eigenvalue weighted by molar-refractivity contribution is 0.193. The van der Waals surface area contributed by atoms with E-state index in [1.807, 2.05) is 18.2 Å². The second-order valence-electron chi connectivity index (χ2n) is 3.68. The number of anilines is 1. The quantitative estimate of drug-likeness (QED) is 0.695. The number of aliphatic hydroxyl groups is 1. The molecular formula is C11H15NO2. The second-order valence-corrected chi connectivity index (χ2v) is 3.68. The van der Waals surface area contributed by atoms with Crippen molar-refractivity contribution >= 4 is 5.69 Å². The van der Waals surface area contributed by atoms with Crippen molar-refractivity contribution in [2.45, 2.75) is 18.9 Å². The predicted molar refractivity (Wildman–Crippen MR) is 55.0 cm³/mol.